The van der Waals surface area contributed by atoms with Gasteiger partial charge in [-0.25, -0.2) is 4.98 Å². The SMILES string of the molecule is Cc1coc(-c2cc(NC(=O)CSc3ccccc3O)ccc2C)n1. The normalized spacial score (nSPS) is 10.6. The van der Waals surface area contributed by atoms with E-state index in [4.69, 9.17) is 4.42 Å². The number of nitrogens with zero attached hydrogens (tertiary/aromatic N) is 1. The molecule has 0 fully saturated rings. The maximum Gasteiger partial charge on any atom is 0.234 e. The summed E-state index contributed by atoms with van der Waals surface area (Å²) < 4.78 is 5.45. The Bertz CT molecular complexity index is 905. The van der Waals surface area contributed by atoms with E-state index < -0.39 is 0 Å². The molecule has 3 aromatic rings. The van der Waals surface area contributed by atoms with Crippen LogP contribution in [-0.2, 0) is 4.79 Å². The van der Waals surface area contributed by atoms with Gasteiger partial charge in [-0.1, -0.05) is 18.2 Å². The molecule has 5 nitrogen and oxygen atoms in total. The molecule has 25 heavy (non-hydrogen) atoms. The predicted molar refractivity (Wildman–Crippen MR) is 98.9 cm³/mol. The van der Waals surface area contributed by atoms with E-state index in [-0.39, 0.29) is 17.4 Å². The summed E-state index contributed by atoms with van der Waals surface area (Å²) in [6.45, 7) is 3.83. The molecule has 0 radical (unpaired) electrons. The van der Waals surface area contributed by atoms with E-state index in [0.717, 1.165) is 16.8 Å². The number of hydrogen-bond donors (Lipinski definition) is 2. The van der Waals surface area contributed by atoms with E-state index in [0.29, 0.717) is 16.5 Å². The van der Waals surface area contributed by atoms with Crippen molar-refractivity contribution in [3.05, 3.63) is 60.0 Å². The minimum absolute atomic E-state index is 0.147. The van der Waals surface area contributed by atoms with Gasteiger partial charge in [0.15, 0.2) is 0 Å². The Hall–Kier alpha value is -2.73. The van der Waals surface area contributed by atoms with Gasteiger partial charge in [0.25, 0.3) is 0 Å². The van der Waals surface area contributed by atoms with Gasteiger partial charge in [-0.05, 0) is 43.7 Å². The molecule has 3 rings (SSSR count). The van der Waals surface area contributed by atoms with Crippen LogP contribution in [0.2, 0.25) is 0 Å². The van der Waals surface area contributed by atoms with Crippen LogP contribution < -0.4 is 5.32 Å². The Morgan fingerprint density at radius 2 is 2.04 bits per heavy atom. The largest absolute Gasteiger partial charge is 0.507 e. The number of carbonyl (C=O) groups is 1. The molecule has 128 valence electrons. The van der Waals surface area contributed by atoms with Gasteiger partial charge in [-0.15, -0.1) is 11.8 Å². The van der Waals surface area contributed by atoms with E-state index in [1.807, 2.05) is 38.1 Å². The third-order valence-electron chi connectivity index (χ3n) is 3.59. The zero-order valence-corrected chi connectivity index (χ0v) is 14.8. The van der Waals surface area contributed by atoms with Crippen molar-refractivity contribution < 1.29 is 14.3 Å². The molecule has 1 amide bonds. The summed E-state index contributed by atoms with van der Waals surface area (Å²) in [4.78, 5) is 17.2. The molecule has 6 heteroatoms. The first-order chi connectivity index (χ1) is 12.0. The van der Waals surface area contributed by atoms with Crippen molar-refractivity contribution in [2.75, 3.05) is 11.1 Å². The number of carbonyl (C=O) groups excluding carboxylic acids is 1. The smallest absolute Gasteiger partial charge is 0.234 e. The van der Waals surface area contributed by atoms with Gasteiger partial charge in [0.2, 0.25) is 11.8 Å². The molecule has 0 atom stereocenters. The predicted octanol–water partition coefficient (Wildman–Crippen LogP) is 4.39. The zero-order valence-electron chi connectivity index (χ0n) is 13.9. The van der Waals surface area contributed by atoms with Crippen molar-refractivity contribution in [3.63, 3.8) is 0 Å². The molecule has 2 aromatic carbocycles. The molecule has 1 aromatic heterocycles. The summed E-state index contributed by atoms with van der Waals surface area (Å²) in [6, 6.07) is 12.6. The molecular weight excluding hydrogens is 336 g/mol. The number of nitrogens with one attached hydrogen (secondary N) is 1. The molecule has 0 aliphatic carbocycles. The number of amides is 1. The first kappa shape index (κ1) is 17.1. The minimum Gasteiger partial charge on any atom is -0.507 e. The van der Waals surface area contributed by atoms with Crippen LogP contribution in [0, 0.1) is 13.8 Å². The van der Waals surface area contributed by atoms with Gasteiger partial charge in [0.05, 0.1) is 11.4 Å². The summed E-state index contributed by atoms with van der Waals surface area (Å²) in [5.74, 6) is 0.775. The van der Waals surface area contributed by atoms with Crippen LogP contribution in [0.4, 0.5) is 5.69 Å². The molecular formula is C19H18N2O3S. The number of benzene rings is 2. The number of rotatable bonds is 5. The van der Waals surface area contributed by atoms with E-state index in [1.54, 1.807) is 24.5 Å². The van der Waals surface area contributed by atoms with Crippen LogP contribution in [-0.4, -0.2) is 21.8 Å². The number of para-hydroxylation sites is 1. The highest BCUT2D eigenvalue weighted by molar-refractivity contribution is 8.00. The Morgan fingerprint density at radius 1 is 1.24 bits per heavy atom. The van der Waals surface area contributed by atoms with Crippen molar-refractivity contribution in [3.8, 4) is 17.2 Å². The van der Waals surface area contributed by atoms with Crippen LogP contribution in [0.15, 0.2) is 58.0 Å². The quantitative estimate of drug-likeness (QED) is 0.665. The van der Waals surface area contributed by atoms with E-state index in [2.05, 4.69) is 10.3 Å². The van der Waals surface area contributed by atoms with Crippen molar-refractivity contribution in [2.45, 2.75) is 18.7 Å². The third-order valence-corrected chi connectivity index (χ3v) is 4.66. The number of aromatic nitrogens is 1. The van der Waals surface area contributed by atoms with Gasteiger partial charge in [0, 0.05) is 16.1 Å². The number of anilines is 1. The number of phenols is 1. The minimum atomic E-state index is -0.147. The van der Waals surface area contributed by atoms with Gasteiger partial charge in [-0.3, -0.25) is 4.79 Å². The van der Waals surface area contributed by atoms with Gasteiger partial charge in [-0.2, -0.15) is 0 Å². The van der Waals surface area contributed by atoms with Crippen LogP contribution in [0.5, 0.6) is 5.75 Å². The Labute approximate surface area is 150 Å². The first-order valence-electron chi connectivity index (χ1n) is 7.77. The summed E-state index contributed by atoms with van der Waals surface area (Å²) >= 11 is 1.29. The molecule has 0 aliphatic rings. The number of aromatic hydroxyl groups is 1. The van der Waals surface area contributed by atoms with E-state index in [9.17, 15) is 9.90 Å². The van der Waals surface area contributed by atoms with E-state index in [1.165, 1.54) is 11.8 Å². The summed E-state index contributed by atoms with van der Waals surface area (Å²) in [7, 11) is 0. The highest BCUT2D eigenvalue weighted by atomic mass is 32.2. The van der Waals surface area contributed by atoms with Crippen LogP contribution in [0.25, 0.3) is 11.5 Å². The molecule has 2 N–H and O–H groups in total. The third kappa shape index (κ3) is 4.22. The molecule has 0 bridgehead atoms. The summed E-state index contributed by atoms with van der Waals surface area (Å²) in [5, 5.41) is 12.6. The maximum atomic E-state index is 12.2. The Balaban J connectivity index is 1.68. The monoisotopic (exact) mass is 354 g/mol. The van der Waals surface area contributed by atoms with Gasteiger partial charge >= 0.3 is 0 Å². The Morgan fingerprint density at radius 3 is 2.76 bits per heavy atom. The second kappa shape index (κ2) is 7.44. The van der Waals surface area contributed by atoms with Crippen LogP contribution >= 0.6 is 11.8 Å². The highest BCUT2D eigenvalue weighted by Gasteiger charge is 2.11. The average Bonchev–Trinajstić information content (AvgIpc) is 3.02. The average molecular weight is 354 g/mol. The van der Waals surface area contributed by atoms with Gasteiger partial charge in [0.1, 0.15) is 12.0 Å². The lowest BCUT2D eigenvalue weighted by atomic mass is 10.1. The molecule has 0 spiro atoms. The number of phenolic OH excluding ortho intramolecular Hbond substituents is 1. The fourth-order valence-corrected chi connectivity index (χ4v) is 3.08. The molecule has 1 heterocycles. The summed E-state index contributed by atoms with van der Waals surface area (Å²) in [6.07, 6.45) is 1.60. The lowest BCUT2D eigenvalue weighted by Gasteiger charge is -2.09. The first-order valence-corrected chi connectivity index (χ1v) is 8.75. The summed E-state index contributed by atoms with van der Waals surface area (Å²) in [5.41, 5.74) is 3.35. The molecule has 0 saturated carbocycles. The fraction of sp³-hybridized carbons (Fsp3) is 0.158. The van der Waals surface area contributed by atoms with Crippen molar-refractivity contribution >= 4 is 23.4 Å². The zero-order chi connectivity index (χ0) is 17.8. The topological polar surface area (TPSA) is 75.4 Å². The van der Waals surface area contributed by atoms with E-state index >= 15 is 0 Å². The lowest BCUT2D eigenvalue weighted by Crippen LogP contribution is -2.14. The van der Waals surface area contributed by atoms with Crippen molar-refractivity contribution in [1.29, 1.82) is 0 Å². The maximum absolute atomic E-state index is 12.2. The highest BCUT2D eigenvalue weighted by Crippen LogP contribution is 2.28. The van der Waals surface area contributed by atoms with Crippen molar-refractivity contribution in [1.82, 2.24) is 4.98 Å². The second-order valence-electron chi connectivity index (χ2n) is 5.63. The van der Waals surface area contributed by atoms with Gasteiger partial charge < -0.3 is 14.8 Å². The number of oxazole rings is 1. The molecule has 0 saturated heterocycles. The standard InChI is InChI=1S/C19H18N2O3S/c1-12-7-8-14(9-15(12)19-20-13(2)10-24-19)21-18(23)11-25-17-6-4-3-5-16(17)22/h3-10,22H,11H2,1-2H3,(H,21,23). The van der Waals surface area contributed by atoms with Crippen molar-refractivity contribution in [2.24, 2.45) is 0 Å². The second-order valence-corrected chi connectivity index (χ2v) is 6.65. The number of aryl methyl sites for hydroxylation is 2. The molecule has 0 unspecified atom stereocenters. The van der Waals surface area contributed by atoms with Crippen LogP contribution in [0.3, 0.4) is 0 Å². The number of thioether (sulfide) groups is 1. The molecule has 0 aliphatic heterocycles. The Kier molecular flexibility index (Phi) is 5.09. The number of hydrogen-bond acceptors (Lipinski definition) is 5. The van der Waals surface area contributed by atoms with Crippen LogP contribution in [0.1, 0.15) is 11.3 Å². The lowest BCUT2D eigenvalue weighted by molar-refractivity contribution is -0.113. The fourth-order valence-electron chi connectivity index (χ4n) is 2.33.